The fourth-order valence-electron chi connectivity index (χ4n) is 3.67. The molecular weight excluding hydrogens is 400 g/mol. The zero-order chi connectivity index (χ0) is 20.7. The van der Waals surface area contributed by atoms with Gasteiger partial charge in [-0.3, -0.25) is 4.79 Å². The molecule has 1 amide bonds. The SMILES string of the molecule is Cc1cc(C)c(-n2cc3sc(NC4CCN(C(=O)CC(F)F)C4)nc3n2)c(O)c1. The van der Waals surface area contributed by atoms with Gasteiger partial charge in [-0.2, -0.15) is 4.98 Å². The summed E-state index contributed by atoms with van der Waals surface area (Å²) in [5, 5.41) is 18.7. The summed E-state index contributed by atoms with van der Waals surface area (Å²) < 4.78 is 27.3. The lowest BCUT2D eigenvalue weighted by atomic mass is 10.1. The van der Waals surface area contributed by atoms with Crippen molar-refractivity contribution in [3.05, 3.63) is 29.5 Å². The van der Waals surface area contributed by atoms with Crippen molar-refractivity contribution in [3.8, 4) is 11.4 Å². The van der Waals surface area contributed by atoms with Crippen LogP contribution in [0.2, 0.25) is 0 Å². The Hall–Kier alpha value is -2.75. The average molecular weight is 421 g/mol. The van der Waals surface area contributed by atoms with Gasteiger partial charge in [0.05, 0.1) is 17.3 Å². The van der Waals surface area contributed by atoms with Crippen LogP contribution in [0.5, 0.6) is 5.75 Å². The van der Waals surface area contributed by atoms with E-state index in [9.17, 15) is 18.7 Å². The van der Waals surface area contributed by atoms with Crippen LogP contribution in [-0.2, 0) is 4.79 Å². The summed E-state index contributed by atoms with van der Waals surface area (Å²) in [5.41, 5.74) is 3.07. The van der Waals surface area contributed by atoms with Crippen molar-refractivity contribution in [2.24, 2.45) is 0 Å². The highest BCUT2D eigenvalue weighted by molar-refractivity contribution is 7.22. The fourth-order valence-corrected chi connectivity index (χ4v) is 4.57. The number of likely N-dealkylation sites (tertiary alicyclic amines) is 1. The number of carbonyl (C=O) groups excluding carboxylic acids is 1. The summed E-state index contributed by atoms with van der Waals surface area (Å²) in [4.78, 5) is 17.7. The van der Waals surface area contributed by atoms with Gasteiger partial charge in [0.2, 0.25) is 12.3 Å². The number of aromatic hydroxyl groups is 1. The van der Waals surface area contributed by atoms with Crippen molar-refractivity contribution in [2.75, 3.05) is 18.4 Å². The molecule has 1 aromatic carbocycles. The lowest BCUT2D eigenvalue weighted by Crippen LogP contribution is -2.32. The molecule has 0 bridgehead atoms. The molecule has 1 unspecified atom stereocenters. The topological polar surface area (TPSA) is 83.3 Å². The molecule has 1 atom stereocenters. The van der Waals surface area contributed by atoms with Gasteiger partial charge in [-0.05, 0) is 37.5 Å². The van der Waals surface area contributed by atoms with E-state index in [1.807, 2.05) is 26.1 Å². The van der Waals surface area contributed by atoms with Crippen LogP contribution in [0.4, 0.5) is 13.9 Å². The molecule has 1 saturated heterocycles. The Balaban J connectivity index is 1.47. The van der Waals surface area contributed by atoms with E-state index in [4.69, 9.17) is 0 Å². The number of aryl methyl sites for hydroxylation is 2. The number of anilines is 1. The summed E-state index contributed by atoms with van der Waals surface area (Å²) in [6, 6.07) is 3.65. The average Bonchev–Trinajstić information content (AvgIpc) is 3.28. The number of thiazole rings is 1. The Morgan fingerprint density at radius 1 is 1.41 bits per heavy atom. The van der Waals surface area contributed by atoms with E-state index in [-0.39, 0.29) is 11.8 Å². The molecule has 0 spiro atoms. The second kappa shape index (κ2) is 7.58. The Labute approximate surface area is 170 Å². The number of rotatable bonds is 5. The van der Waals surface area contributed by atoms with E-state index in [1.165, 1.54) is 16.2 Å². The third-order valence-corrected chi connectivity index (χ3v) is 5.84. The number of nitrogens with zero attached hydrogens (tertiary/aromatic N) is 4. The van der Waals surface area contributed by atoms with E-state index in [0.29, 0.717) is 36.0 Å². The highest BCUT2D eigenvalue weighted by Crippen LogP contribution is 2.31. The van der Waals surface area contributed by atoms with E-state index < -0.39 is 18.8 Å². The van der Waals surface area contributed by atoms with Crippen molar-refractivity contribution in [1.29, 1.82) is 0 Å². The molecule has 1 aliphatic heterocycles. The maximum atomic E-state index is 12.4. The molecule has 2 aromatic heterocycles. The number of hydrogen-bond acceptors (Lipinski definition) is 6. The summed E-state index contributed by atoms with van der Waals surface area (Å²) in [6.45, 7) is 4.69. The molecule has 29 heavy (non-hydrogen) atoms. The normalized spacial score (nSPS) is 16.9. The van der Waals surface area contributed by atoms with E-state index >= 15 is 0 Å². The smallest absolute Gasteiger partial charge is 0.247 e. The van der Waals surface area contributed by atoms with Crippen LogP contribution in [0.1, 0.15) is 24.0 Å². The largest absolute Gasteiger partial charge is 0.506 e. The number of benzene rings is 1. The highest BCUT2D eigenvalue weighted by atomic mass is 32.1. The molecule has 1 aliphatic rings. The van der Waals surface area contributed by atoms with Crippen LogP contribution < -0.4 is 5.32 Å². The third kappa shape index (κ3) is 4.02. The lowest BCUT2D eigenvalue weighted by molar-refractivity contribution is -0.132. The summed E-state index contributed by atoms with van der Waals surface area (Å²) in [5.74, 6) is -0.353. The number of aromatic nitrogens is 3. The van der Waals surface area contributed by atoms with Gasteiger partial charge in [-0.15, -0.1) is 5.10 Å². The first-order chi connectivity index (χ1) is 13.8. The van der Waals surface area contributed by atoms with Gasteiger partial charge in [0, 0.05) is 19.1 Å². The molecule has 1 fully saturated rings. The lowest BCUT2D eigenvalue weighted by Gasteiger charge is -2.16. The summed E-state index contributed by atoms with van der Waals surface area (Å²) in [7, 11) is 0. The van der Waals surface area contributed by atoms with Crippen molar-refractivity contribution < 1.29 is 18.7 Å². The van der Waals surface area contributed by atoms with Gasteiger partial charge in [-0.25, -0.2) is 13.5 Å². The van der Waals surface area contributed by atoms with Crippen molar-refractivity contribution in [2.45, 2.75) is 39.2 Å². The molecule has 0 aliphatic carbocycles. The minimum atomic E-state index is -2.62. The first-order valence-electron chi connectivity index (χ1n) is 9.29. The molecule has 3 aromatic rings. The number of hydrogen-bond donors (Lipinski definition) is 2. The Bertz CT molecular complexity index is 1010. The first kappa shape index (κ1) is 19.6. The Kier molecular flexibility index (Phi) is 5.12. The van der Waals surface area contributed by atoms with Gasteiger partial charge >= 0.3 is 0 Å². The zero-order valence-electron chi connectivity index (χ0n) is 16.0. The predicted molar refractivity (Wildman–Crippen MR) is 107 cm³/mol. The van der Waals surface area contributed by atoms with Gasteiger partial charge in [-0.1, -0.05) is 17.4 Å². The molecule has 7 nitrogen and oxygen atoms in total. The molecule has 0 saturated carbocycles. The molecule has 3 heterocycles. The number of halogens is 2. The van der Waals surface area contributed by atoms with Gasteiger partial charge in [0.25, 0.3) is 0 Å². The Morgan fingerprint density at radius 2 is 2.21 bits per heavy atom. The Morgan fingerprint density at radius 3 is 2.90 bits per heavy atom. The third-order valence-electron chi connectivity index (χ3n) is 4.93. The summed E-state index contributed by atoms with van der Waals surface area (Å²) in [6.07, 6.45) is -0.841. The van der Waals surface area contributed by atoms with Crippen LogP contribution in [0.25, 0.3) is 16.0 Å². The molecule has 4 rings (SSSR count). The summed E-state index contributed by atoms with van der Waals surface area (Å²) >= 11 is 1.42. The number of alkyl halides is 2. The standard InChI is InChI=1S/C19H21F2N5O2S/c1-10-5-11(2)17(13(27)6-10)26-9-14-18(24-26)23-19(29-14)22-12-3-4-25(8-12)16(28)7-15(20)21/h5-6,9,12,15,27H,3-4,7-8H2,1-2H3,(H,22,23,24). The van der Waals surface area contributed by atoms with Crippen LogP contribution in [0.3, 0.4) is 0 Å². The molecule has 154 valence electrons. The van der Waals surface area contributed by atoms with E-state index in [0.717, 1.165) is 15.8 Å². The second-order valence-corrected chi connectivity index (χ2v) is 8.33. The number of fused-ring (bicyclic) bond motifs is 1. The van der Waals surface area contributed by atoms with Crippen molar-refractivity contribution in [3.63, 3.8) is 0 Å². The van der Waals surface area contributed by atoms with Gasteiger partial charge in [0.1, 0.15) is 11.4 Å². The fraction of sp³-hybridized carbons (Fsp3) is 0.421. The molecular formula is C19H21F2N5O2S. The van der Waals surface area contributed by atoms with Gasteiger partial charge < -0.3 is 15.3 Å². The minimum Gasteiger partial charge on any atom is -0.506 e. The quantitative estimate of drug-likeness (QED) is 0.659. The highest BCUT2D eigenvalue weighted by Gasteiger charge is 2.28. The molecule has 0 radical (unpaired) electrons. The zero-order valence-corrected chi connectivity index (χ0v) is 16.8. The van der Waals surface area contributed by atoms with Crippen LogP contribution in [-0.4, -0.2) is 56.2 Å². The number of nitrogens with one attached hydrogen (secondary N) is 1. The van der Waals surface area contributed by atoms with Crippen LogP contribution in [0.15, 0.2) is 18.3 Å². The number of amides is 1. The van der Waals surface area contributed by atoms with Crippen molar-refractivity contribution in [1.82, 2.24) is 19.7 Å². The second-order valence-electron chi connectivity index (χ2n) is 7.29. The van der Waals surface area contributed by atoms with Crippen LogP contribution >= 0.6 is 11.3 Å². The maximum Gasteiger partial charge on any atom is 0.247 e. The van der Waals surface area contributed by atoms with Crippen molar-refractivity contribution >= 4 is 32.7 Å². The monoisotopic (exact) mass is 421 g/mol. The predicted octanol–water partition coefficient (Wildman–Crippen LogP) is 3.47. The molecule has 10 heteroatoms. The van der Waals surface area contributed by atoms with Gasteiger partial charge in [0.15, 0.2) is 10.8 Å². The number of carbonyl (C=O) groups is 1. The maximum absolute atomic E-state index is 12.4. The minimum absolute atomic E-state index is 0.0256. The number of phenolic OH excluding ortho intramolecular Hbond substituents is 1. The van der Waals surface area contributed by atoms with E-state index in [1.54, 1.807) is 10.7 Å². The number of phenols is 1. The first-order valence-corrected chi connectivity index (χ1v) is 10.1. The van der Waals surface area contributed by atoms with E-state index in [2.05, 4.69) is 15.4 Å². The molecule has 2 N–H and O–H groups in total. The van der Waals surface area contributed by atoms with Crippen LogP contribution in [0, 0.1) is 13.8 Å².